The number of hydrogen-bond donors (Lipinski definition) is 21. The third-order valence-corrected chi connectivity index (χ3v) is 22.8. The molecule has 41 heteroatoms. The van der Waals surface area contributed by atoms with Crippen molar-refractivity contribution in [3.63, 3.8) is 0 Å². The quantitative estimate of drug-likeness (QED) is 0.0184. The van der Waals surface area contributed by atoms with Gasteiger partial charge in [-0.1, -0.05) is 109 Å². The van der Waals surface area contributed by atoms with Crippen molar-refractivity contribution in [1.29, 1.82) is 0 Å². The van der Waals surface area contributed by atoms with Crippen molar-refractivity contribution in [3.05, 3.63) is 174 Å². The predicted octanol–water partition coefficient (Wildman–Crippen LogP) is -1.96. The first-order valence-electron chi connectivity index (χ1n) is 41.3. The zero-order chi connectivity index (χ0) is 91.5. The number of phenolic OH excluding ortho intramolecular Hbond substituents is 1. The lowest BCUT2D eigenvalue weighted by Gasteiger charge is -2.31. The fourth-order valence-corrected chi connectivity index (χ4v) is 16.0. The average Bonchev–Trinajstić information content (AvgIpc) is 1.71. The molecule has 676 valence electrons. The minimum atomic E-state index is -1.86. The van der Waals surface area contributed by atoms with E-state index in [1.165, 1.54) is 17.0 Å². The van der Waals surface area contributed by atoms with E-state index in [0.717, 1.165) is 26.3 Å². The number of aromatic amines is 2. The van der Waals surface area contributed by atoms with Crippen LogP contribution in [0.4, 0.5) is 0 Å². The molecule has 2 aromatic heterocycles. The Labute approximate surface area is 738 Å². The smallest absolute Gasteiger partial charge is 0.322 e. The predicted molar refractivity (Wildman–Crippen MR) is 463 cm³/mol. The summed E-state index contributed by atoms with van der Waals surface area (Å²) in [5, 5.41) is 78.5. The standard InChI is InChI=1S/C86H103N17O22S2/c87-55(37-50-40-88-56-20-9-7-18-53(50)56)74(113)93-59(36-49-25-27-52(105)28-26-49)76(115)94-60(34-47-14-3-1-4-15-47)77(116)99-65(45-126)85(124)101-31-11-22-67(101)81(120)90-42-70(106)92-58(29-30-71(107)108)84(123)102-32-12-23-68(102)82(121)96-62(38-51-41-89-57-21-10-8-19-54(51)57)79(118)98-64(44-104)80(119)95-61(35-48-16-5-2-6-17-48)78(117)100-66(46-127)86(125)103-33-13-24-69(103)83(122)97-63(39-72(109)110)75(114)91-43-73(111)112/h1-10,14-21,25-28,40-41,55,58-69,88-89,104-105,126-127H,11-13,22-24,29-39,42-46,87H2,(H,90,120)(H,91,114)(H,92,106)(H,93,113)(H,94,115)(H,95,119)(H,96,121)(H,97,122)(H,98,118)(H,99,116)(H,100,117)(H,107,108)(H,109,110)(H,111,112)/t55-,58-,59-,60-,61-,62-,63-,64-,65-,66-,67-,68-,69-/m0/s1. The molecular formula is C86H103N17O22S2. The molecule has 3 saturated heterocycles. The molecule has 3 aliphatic heterocycles. The van der Waals surface area contributed by atoms with Crippen molar-refractivity contribution < 1.29 is 107 Å². The molecule has 0 radical (unpaired) electrons. The van der Waals surface area contributed by atoms with Crippen molar-refractivity contribution in [2.75, 3.05) is 50.8 Å². The van der Waals surface area contributed by atoms with Crippen molar-refractivity contribution in [3.8, 4) is 5.75 Å². The van der Waals surface area contributed by atoms with E-state index in [0.29, 0.717) is 33.2 Å². The van der Waals surface area contributed by atoms with E-state index in [4.69, 9.17) is 10.8 Å². The fourth-order valence-electron chi connectivity index (χ4n) is 15.5. The van der Waals surface area contributed by atoms with Crippen LogP contribution < -0.4 is 64.2 Å². The number of carboxylic acid groups (broad SMARTS) is 3. The number of aliphatic carboxylic acids is 3. The molecule has 10 rings (SSSR count). The molecule has 3 aliphatic rings. The highest BCUT2D eigenvalue weighted by molar-refractivity contribution is 7.80. The average molecular weight is 1790 g/mol. The number of carbonyl (C=O) groups excluding carboxylic acids is 14. The highest BCUT2D eigenvalue weighted by Gasteiger charge is 2.44. The molecule has 0 aliphatic carbocycles. The summed E-state index contributed by atoms with van der Waals surface area (Å²) in [7, 11) is 0. The summed E-state index contributed by atoms with van der Waals surface area (Å²) < 4.78 is 0. The number of aliphatic hydroxyl groups excluding tert-OH is 1. The van der Waals surface area contributed by atoms with Crippen molar-refractivity contribution in [2.45, 2.75) is 168 Å². The lowest BCUT2D eigenvalue weighted by atomic mass is 10.0. The van der Waals surface area contributed by atoms with Gasteiger partial charge in [0.15, 0.2) is 0 Å². The molecular weight excluding hydrogens is 1690 g/mol. The summed E-state index contributed by atoms with van der Waals surface area (Å²) >= 11 is 8.74. The number of likely N-dealkylation sites (tertiary alicyclic amines) is 3. The molecule has 0 spiro atoms. The summed E-state index contributed by atoms with van der Waals surface area (Å²) in [5.41, 5.74) is 10.8. The van der Waals surface area contributed by atoms with Gasteiger partial charge in [-0.05, 0) is 103 Å². The second-order valence-corrected chi connectivity index (χ2v) is 31.8. The summed E-state index contributed by atoms with van der Waals surface area (Å²) in [5.74, 6) is -17.9. The maximum atomic E-state index is 14.8. The van der Waals surface area contributed by atoms with Crippen LogP contribution in [-0.2, 0) is 114 Å². The number of aromatic nitrogens is 2. The zero-order valence-corrected chi connectivity index (χ0v) is 70.7. The molecule has 39 nitrogen and oxygen atoms in total. The fraction of sp³-hybridized carbons (Fsp3) is 0.407. The number of benzene rings is 5. The second-order valence-electron chi connectivity index (χ2n) is 31.1. The number of carbonyl (C=O) groups is 17. The van der Waals surface area contributed by atoms with Crippen LogP contribution >= 0.6 is 25.3 Å². The Morgan fingerprint density at radius 2 is 0.787 bits per heavy atom. The molecule has 5 aromatic carbocycles. The Kier molecular flexibility index (Phi) is 34.7. The van der Waals surface area contributed by atoms with Crippen molar-refractivity contribution in [2.24, 2.45) is 5.73 Å². The van der Waals surface area contributed by atoms with Gasteiger partial charge in [0.25, 0.3) is 0 Å². The van der Waals surface area contributed by atoms with Gasteiger partial charge in [-0.25, -0.2) is 0 Å². The molecule has 7 aromatic rings. The van der Waals surface area contributed by atoms with E-state index in [1.807, 2.05) is 29.6 Å². The number of aliphatic hydroxyl groups is 1. The van der Waals surface area contributed by atoms with E-state index in [-0.39, 0.29) is 108 Å². The molecule has 20 N–H and O–H groups in total. The van der Waals surface area contributed by atoms with Crippen molar-refractivity contribution >= 4 is 148 Å². The summed E-state index contributed by atoms with van der Waals surface area (Å²) in [6.07, 6.45) is 1.33. The molecule has 0 unspecified atom stereocenters. The van der Waals surface area contributed by atoms with Gasteiger partial charge in [0, 0.05) is 97.4 Å². The Balaban J connectivity index is 0.777. The van der Waals surface area contributed by atoms with Crippen LogP contribution in [0.1, 0.15) is 85.6 Å². The highest BCUT2D eigenvalue weighted by atomic mass is 32.1. The maximum Gasteiger partial charge on any atom is 0.322 e. The van der Waals surface area contributed by atoms with Crippen LogP contribution in [0.2, 0.25) is 0 Å². The number of H-pyrrole nitrogens is 2. The van der Waals surface area contributed by atoms with Gasteiger partial charge in [-0.3, -0.25) is 81.5 Å². The van der Waals surface area contributed by atoms with Gasteiger partial charge in [0.1, 0.15) is 84.8 Å². The number of aromatic hydroxyl groups is 1. The number of rotatable bonds is 44. The third kappa shape index (κ3) is 26.6. The summed E-state index contributed by atoms with van der Waals surface area (Å²) in [4.78, 5) is 245. The Hall–Kier alpha value is -13.4. The monoisotopic (exact) mass is 1790 g/mol. The first-order chi connectivity index (χ1) is 60.9. The van der Waals surface area contributed by atoms with Crippen LogP contribution in [0.25, 0.3) is 21.8 Å². The van der Waals surface area contributed by atoms with Crippen LogP contribution in [0.15, 0.2) is 146 Å². The van der Waals surface area contributed by atoms with E-state index < -0.39 is 218 Å². The first-order valence-corrected chi connectivity index (χ1v) is 42.6. The van der Waals surface area contributed by atoms with Gasteiger partial charge in [-0.15, -0.1) is 0 Å². The minimum absolute atomic E-state index is 0.00935. The maximum absolute atomic E-state index is 14.8. The Morgan fingerprint density at radius 1 is 0.394 bits per heavy atom. The number of fused-ring (bicyclic) bond motifs is 2. The van der Waals surface area contributed by atoms with E-state index in [1.54, 1.807) is 109 Å². The Bertz CT molecular complexity index is 5160. The number of amides is 14. The van der Waals surface area contributed by atoms with Gasteiger partial charge < -0.3 is 114 Å². The first kappa shape index (κ1) is 95.8. The number of carboxylic acids is 3. The van der Waals surface area contributed by atoms with E-state index in [2.05, 4.69) is 88.4 Å². The normalized spacial score (nSPS) is 17.2. The third-order valence-electron chi connectivity index (χ3n) is 22.1. The van der Waals surface area contributed by atoms with Gasteiger partial charge in [0.2, 0.25) is 82.7 Å². The SMILES string of the molecule is N[C@@H](Cc1c[nH]c2ccccc12)C(=O)N[C@@H](Cc1ccc(O)cc1)C(=O)N[C@@H](Cc1ccccc1)C(=O)N[C@@H](CS)C(=O)N1CCC[C@H]1C(=O)NCC(=O)N[C@@H](CCC(=O)O)C(=O)N1CCC[C@H]1C(=O)N[C@@H](Cc1c[nH]c2ccccc12)C(=O)N[C@@H](CO)C(=O)N[C@@H](Cc1ccccc1)C(=O)N[C@@H](CS)C(=O)N1CCC[C@H]1C(=O)N[C@@H](CC(=O)O)C(=O)NCC(=O)O. The molecule has 13 atom stereocenters. The second kappa shape index (κ2) is 46.0. The molecule has 127 heavy (non-hydrogen) atoms. The molecule has 5 heterocycles. The number of nitrogens with one attached hydrogen (secondary N) is 13. The number of hydrogen-bond acceptors (Lipinski definition) is 22. The van der Waals surface area contributed by atoms with Gasteiger partial charge in [-0.2, -0.15) is 25.3 Å². The van der Waals surface area contributed by atoms with Gasteiger partial charge >= 0.3 is 17.9 Å². The molecule has 0 bridgehead atoms. The van der Waals surface area contributed by atoms with E-state index in [9.17, 15) is 102 Å². The molecule has 3 fully saturated rings. The zero-order valence-electron chi connectivity index (χ0n) is 68.9. The number of thiol groups is 2. The molecule has 0 saturated carbocycles. The number of para-hydroxylation sites is 2. The van der Waals surface area contributed by atoms with Crippen LogP contribution in [0, 0.1) is 0 Å². The van der Waals surface area contributed by atoms with Gasteiger partial charge in [0.05, 0.1) is 25.6 Å². The number of nitrogens with zero attached hydrogens (tertiary/aromatic N) is 3. The lowest BCUT2D eigenvalue weighted by molar-refractivity contribution is -0.144. The van der Waals surface area contributed by atoms with Crippen LogP contribution in [0.3, 0.4) is 0 Å². The van der Waals surface area contributed by atoms with Crippen LogP contribution in [-0.4, -0.2) is 280 Å². The lowest BCUT2D eigenvalue weighted by Crippen LogP contribution is -2.61. The topological polar surface area (TPSA) is 591 Å². The largest absolute Gasteiger partial charge is 0.508 e. The number of nitrogens with two attached hydrogens (primary N) is 1. The minimum Gasteiger partial charge on any atom is -0.508 e. The Morgan fingerprint density at radius 3 is 1.24 bits per heavy atom. The van der Waals surface area contributed by atoms with Crippen LogP contribution in [0.5, 0.6) is 5.75 Å². The van der Waals surface area contributed by atoms with Crippen molar-refractivity contribution in [1.82, 2.24) is 83.2 Å². The number of phenols is 1. The molecule has 14 amide bonds. The summed E-state index contributed by atoms with van der Waals surface area (Å²) in [6, 6.07) is 18.1. The van der Waals surface area contributed by atoms with E-state index >= 15 is 0 Å². The highest BCUT2D eigenvalue weighted by Crippen LogP contribution is 2.27. The summed E-state index contributed by atoms with van der Waals surface area (Å²) in [6.45, 7) is -2.95.